The molecule has 1 saturated heterocycles. The maximum absolute atomic E-state index is 11.3. The predicted octanol–water partition coefficient (Wildman–Crippen LogP) is 2.87. The van der Waals surface area contributed by atoms with Gasteiger partial charge in [0.25, 0.3) is 0 Å². The highest BCUT2D eigenvalue weighted by atomic mass is 32.2. The minimum Gasteiger partial charge on any atom is -0.353 e. The third kappa shape index (κ3) is 4.71. The highest BCUT2D eigenvalue weighted by Crippen LogP contribution is 2.24. The van der Waals surface area contributed by atoms with Crippen molar-refractivity contribution >= 4 is 23.5 Å². The van der Waals surface area contributed by atoms with E-state index in [1.54, 1.807) is 18.7 Å². The van der Waals surface area contributed by atoms with E-state index in [-0.39, 0.29) is 11.9 Å². The van der Waals surface area contributed by atoms with Gasteiger partial charge < -0.3 is 10.2 Å². The molecule has 0 bridgehead atoms. The van der Waals surface area contributed by atoms with Crippen LogP contribution in [0.15, 0.2) is 47.8 Å². The van der Waals surface area contributed by atoms with E-state index in [0.717, 1.165) is 42.5 Å². The van der Waals surface area contributed by atoms with Gasteiger partial charge in [-0.1, -0.05) is 30.3 Å². The Hall–Kier alpha value is -2.08. The van der Waals surface area contributed by atoms with Crippen LogP contribution in [0.3, 0.4) is 0 Å². The topological polar surface area (TPSA) is 58.1 Å². The molecule has 1 aromatic heterocycles. The average Bonchev–Trinajstić information content (AvgIpc) is 2.61. The van der Waals surface area contributed by atoms with E-state index in [1.807, 2.05) is 30.6 Å². The van der Waals surface area contributed by atoms with Gasteiger partial charge in [0.1, 0.15) is 10.8 Å². The van der Waals surface area contributed by atoms with Crippen LogP contribution in [0, 0.1) is 0 Å². The van der Waals surface area contributed by atoms with Crippen LogP contribution in [0.4, 0.5) is 5.82 Å². The fourth-order valence-electron chi connectivity index (χ4n) is 2.88. The van der Waals surface area contributed by atoms with E-state index >= 15 is 0 Å². The lowest BCUT2D eigenvalue weighted by Crippen LogP contribution is -2.47. The van der Waals surface area contributed by atoms with Gasteiger partial charge in [-0.3, -0.25) is 9.78 Å². The second-order valence-electron chi connectivity index (χ2n) is 5.98. The summed E-state index contributed by atoms with van der Waals surface area (Å²) in [7, 11) is 0. The van der Waals surface area contributed by atoms with Crippen molar-refractivity contribution in [3.63, 3.8) is 0 Å². The van der Waals surface area contributed by atoms with Crippen molar-refractivity contribution in [1.29, 1.82) is 0 Å². The standard InChI is InChI=1S/C18H22N4OS/c1-14(23)20-16-8-5-9-22(12-16)17-10-19-11-18(21-17)24-13-15-6-3-2-4-7-15/h2-4,6-7,10-11,16H,5,8-9,12-13H2,1H3,(H,20,23). The third-order valence-corrected chi connectivity index (χ3v) is 4.95. The number of nitrogens with zero attached hydrogens (tertiary/aromatic N) is 3. The molecule has 126 valence electrons. The van der Waals surface area contributed by atoms with Crippen molar-refractivity contribution in [3.8, 4) is 0 Å². The molecule has 24 heavy (non-hydrogen) atoms. The van der Waals surface area contributed by atoms with Crippen molar-refractivity contribution in [2.75, 3.05) is 18.0 Å². The van der Waals surface area contributed by atoms with E-state index in [4.69, 9.17) is 4.98 Å². The molecule has 1 N–H and O–H groups in total. The predicted molar refractivity (Wildman–Crippen MR) is 97.1 cm³/mol. The Morgan fingerprint density at radius 3 is 2.96 bits per heavy atom. The molecule has 1 aromatic carbocycles. The molecule has 0 saturated carbocycles. The summed E-state index contributed by atoms with van der Waals surface area (Å²) in [6.07, 6.45) is 5.69. The molecule has 5 nitrogen and oxygen atoms in total. The monoisotopic (exact) mass is 342 g/mol. The van der Waals surface area contributed by atoms with Crippen LogP contribution in [-0.2, 0) is 10.5 Å². The number of nitrogens with one attached hydrogen (secondary N) is 1. The normalized spacial score (nSPS) is 17.5. The highest BCUT2D eigenvalue weighted by Gasteiger charge is 2.21. The van der Waals surface area contributed by atoms with E-state index in [2.05, 4.69) is 27.3 Å². The van der Waals surface area contributed by atoms with E-state index in [9.17, 15) is 4.79 Å². The number of piperidine rings is 1. The molecule has 1 fully saturated rings. The molecule has 0 radical (unpaired) electrons. The Bertz CT molecular complexity index is 680. The number of thioether (sulfide) groups is 1. The van der Waals surface area contributed by atoms with Crippen LogP contribution in [-0.4, -0.2) is 35.0 Å². The van der Waals surface area contributed by atoms with Gasteiger partial charge in [0.15, 0.2) is 0 Å². The number of aromatic nitrogens is 2. The lowest BCUT2D eigenvalue weighted by Gasteiger charge is -2.33. The first-order chi connectivity index (χ1) is 11.7. The lowest BCUT2D eigenvalue weighted by molar-refractivity contribution is -0.119. The van der Waals surface area contributed by atoms with Gasteiger partial charge in [0.2, 0.25) is 5.91 Å². The lowest BCUT2D eigenvalue weighted by atomic mass is 10.1. The number of carbonyl (C=O) groups is 1. The summed E-state index contributed by atoms with van der Waals surface area (Å²) >= 11 is 1.69. The molecule has 1 unspecified atom stereocenters. The summed E-state index contributed by atoms with van der Waals surface area (Å²) in [5.74, 6) is 1.80. The zero-order valence-electron chi connectivity index (χ0n) is 13.8. The number of anilines is 1. The Balaban J connectivity index is 1.63. The maximum Gasteiger partial charge on any atom is 0.217 e. The van der Waals surface area contributed by atoms with Gasteiger partial charge in [0, 0.05) is 31.8 Å². The Labute approximate surface area is 146 Å². The molecule has 1 amide bonds. The second-order valence-corrected chi connectivity index (χ2v) is 6.97. The molecule has 1 aliphatic rings. The van der Waals surface area contributed by atoms with Crippen molar-refractivity contribution in [1.82, 2.24) is 15.3 Å². The molecule has 2 heterocycles. The zero-order chi connectivity index (χ0) is 16.8. The maximum atomic E-state index is 11.3. The van der Waals surface area contributed by atoms with Crippen molar-refractivity contribution in [2.24, 2.45) is 0 Å². The van der Waals surface area contributed by atoms with Crippen LogP contribution in [0.1, 0.15) is 25.3 Å². The number of hydrogen-bond donors (Lipinski definition) is 1. The van der Waals surface area contributed by atoms with E-state index < -0.39 is 0 Å². The van der Waals surface area contributed by atoms with Gasteiger partial charge in [-0.2, -0.15) is 0 Å². The summed E-state index contributed by atoms with van der Waals surface area (Å²) < 4.78 is 0. The summed E-state index contributed by atoms with van der Waals surface area (Å²) in [6, 6.07) is 10.6. The molecular weight excluding hydrogens is 320 g/mol. The second kappa shape index (κ2) is 8.15. The minimum absolute atomic E-state index is 0.0279. The molecule has 1 atom stereocenters. The van der Waals surface area contributed by atoms with Gasteiger partial charge in [-0.15, -0.1) is 11.8 Å². The summed E-state index contributed by atoms with van der Waals surface area (Å²) in [4.78, 5) is 22.6. The number of benzene rings is 1. The molecule has 0 spiro atoms. The smallest absolute Gasteiger partial charge is 0.217 e. The molecule has 1 aliphatic heterocycles. The Kier molecular flexibility index (Phi) is 5.69. The van der Waals surface area contributed by atoms with Crippen LogP contribution < -0.4 is 10.2 Å². The largest absolute Gasteiger partial charge is 0.353 e. The Morgan fingerprint density at radius 2 is 2.17 bits per heavy atom. The summed E-state index contributed by atoms with van der Waals surface area (Å²) in [5, 5.41) is 3.94. The number of amides is 1. The number of rotatable bonds is 5. The fourth-order valence-corrected chi connectivity index (χ4v) is 3.68. The van der Waals surface area contributed by atoms with Crippen molar-refractivity contribution in [2.45, 2.75) is 36.6 Å². The van der Waals surface area contributed by atoms with Gasteiger partial charge in [-0.25, -0.2) is 4.98 Å². The number of hydrogen-bond acceptors (Lipinski definition) is 5. The highest BCUT2D eigenvalue weighted by molar-refractivity contribution is 7.98. The van der Waals surface area contributed by atoms with Gasteiger partial charge in [-0.05, 0) is 18.4 Å². The van der Waals surface area contributed by atoms with Crippen LogP contribution >= 0.6 is 11.8 Å². The molecule has 0 aliphatic carbocycles. The van der Waals surface area contributed by atoms with Crippen LogP contribution in [0.2, 0.25) is 0 Å². The Morgan fingerprint density at radius 1 is 1.33 bits per heavy atom. The van der Waals surface area contributed by atoms with Gasteiger partial charge >= 0.3 is 0 Å². The van der Waals surface area contributed by atoms with Crippen molar-refractivity contribution in [3.05, 3.63) is 48.3 Å². The van der Waals surface area contributed by atoms with Gasteiger partial charge in [0.05, 0.1) is 12.4 Å². The van der Waals surface area contributed by atoms with E-state index in [0.29, 0.717) is 0 Å². The van der Waals surface area contributed by atoms with Crippen molar-refractivity contribution < 1.29 is 4.79 Å². The van der Waals surface area contributed by atoms with Crippen LogP contribution in [0.25, 0.3) is 0 Å². The molecular formula is C18H22N4OS. The quantitative estimate of drug-likeness (QED) is 0.847. The summed E-state index contributed by atoms with van der Waals surface area (Å²) in [6.45, 7) is 3.32. The first-order valence-electron chi connectivity index (χ1n) is 8.21. The third-order valence-electron chi connectivity index (χ3n) is 3.98. The fraction of sp³-hybridized carbons (Fsp3) is 0.389. The summed E-state index contributed by atoms with van der Waals surface area (Å²) in [5.41, 5.74) is 1.28. The SMILES string of the molecule is CC(=O)NC1CCCN(c2cncc(SCc3ccccc3)n2)C1. The van der Waals surface area contributed by atoms with E-state index in [1.165, 1.54) is 5.56 Å². The first kappa shape index (κ1) is 16.8. The molecule has 6 heteroatoms. The first-order valence-corrected chi connectivity index (χ1v) is 9.20. The molecule has 3 rings (SSSR count). The minimum atomic E-state index is 0.0279. The number of carbonyl (C=O) groups excluding carboxylic acids is 1. The molecule has 2 aromatic rings. The average molecular weight is 342 g/mol. The zero-order valence-corrected chi connectivity index (χ0v) is 14.6. The van der Waals surface area contributed by atoms with Crippen LogP contribution in [0.5, 0.6) is 0 Å².